The highest BCUT2D eigenvalue weighted by atomic mass is 16.5. The fourth-order valence-electron chi connectivity index (χ4n) is 10.5. The van der Waals surface area contributed by atoms with Crippen LogP contribution in [0.5, 0.6) is 0 Å². The van der Waals surface area contributed by atoms with Gasteiger partial charge in [0.2, 0.25) is 0 Å². The average molecular weight is 961 g/mol. The van der Waals surface area contributed by atoms with E-state index in [9.17, 15) is 19.2 Å². The Balaban J connectivity index is 0.849. The number of alkyl carbamates (subject to hydrolysis) is 2. The van der Waals surface area contributed by atoms with Gasteiger partial charge in [0.05, 0.1) is 60.5 Å². The van der Waals surface area contributed by atoms with E-state index >= 15 is 0 Å². The number of aromatic amines is 2. The molecule has 0 radical (unpaired) electrons. The van der Waals surface area contributed by atoms with E-state index < -0.39 is 24.3 Å². The number of carbonyl (C=O) groups is 4. The van der Waals surface area contributed by atoms with Gasteiger partial charge >= 0.3 is 12.2 Å². The third-order valence-electron chi connectivity index (χ3n) is 13.9. The number of imidazole rings is 2. The van der Waals surface area contributed by atoms with Gasteiger partial charge in [0.25, 0.3) is 11.8 Å². The lowest BCUT2D eigenvalue weighted by Crippen LogP contribution is -2.43. The van der Waals surface area contributed by atoms with Crippen LogP contribution >= 0.6 is 0 Å². The van der Waals surface area contributed by atoms with E-state index in [1.54, 1.807) is 0 Å². The first-order valence-corrected chi connectivity index (χ1v) is 24.4. The molecular weight excluding hydrogens is 905 g/mol. The third kappa shape index (κ3) is 9.93. The zero-order chi connectivity index (χ0) is 49.6. The maximum atomic E-state index is 14.8. The molecule has 2 aromatic heterocycles. The van der Waals surface area contributed by atoms with Crippen LogP contribution in [0.2, 0.25) is 0 Å². The summed E-state index contributed by atoms with van der Waals surface area (Å²) in [5.74, 6) is 0.910. The summed E-state index contributed by atoms with van der Waals surface area (Å²) >= 11 is 0. The summed E-state index contributed by atoms with van der Waals surface area (Å²) in [6.07, 6.45) is 7.18. The van der Waals surface area contributed by atoms with Crippen LogP contribution in [0.15, 0.2) is 170 Å². The molecule has 4 N–H and O–H groups in total. The van der Waals surface area contributed by atoms with Gasteiger partial charge in [-0.1, -0.05) is 146 Å². The van der Waals surface area contributed by atoms with Crippen molar-refractivity contribution >= 4 is 46.1 Å². The number of nitrogens with one attached hydrogen (secondary N) is 4. The lowest BCUT2D eigenvalue weighted by atomic mass is 10.0. The number of benzene rings is 6. The molecule has 2 aliphatic rings. The Morgan fingerprint density at radius 3 is 1.26 bits per heavy atom. The molecule has 0 spiro atoms. The summed E-state index contributed by atoms with van der Waals surface area (Å²) < 4.78 is 9.92. The molecule has 4 amide bonds. The van der Waals surface area contributed by atoms with Gasteiger partial charge in [0.15, 0.2) is 0 Å². The van der Waals surface area contributed by atoms with Crippen molar-refractivity contribution in [1.82, 2.24) is 40.4 Å². The first-order valence-electron chi connectivity index (χ1n) is 24.4. The van der Waals surface area contributed by atoms with Crippen LogP contribution in [0.3, 0.4) is 0 Å². The summed E-state index contributed by atoms with van der Waals surface area (Å²) in [6.45, 7) is 0. The summed E-state index contributed by atoms with van der Waals surface area (Å²) in [5.41, 5.74) is 8.95. The molecule has 2 fully saturated rings. The van der Waals surface area contributed by atoms with Crippen molar-refractivity contribution in [3.8, 4) is 0 Å². The van der Waals surface area contributed by atoms with Crippen molar-refractivity contribution in [1.29, 1.82) is 0 Å². The predicted molar refractivity (Wildman–Crippen MR) is 274 cm³/mol. The van der Waals surface area contributed by atoms with Crippen molar-refractivity contribution in [2.45, 2.75) is 74.8 Å². The molecule has 2 aliphatic heterocycles. The Morgan fingerprint density at radius 1 is 0.528 bits per heavy atom. The van der Waals surface area contributed by atoms with Gasteiger partial charge in [-0.05, 0) is 96.2 Å². The quantitative estimate of drug-likeness (QED) is 0.0779. The molecule has 72 heavy (non-hydrogen) atoms. The molecule has 2 saturated heterocycles. The molecule has 10 rings (SSSR count). The van der Waals surface area contributed by atoms with Crippen molar-refractivity contribution in [3.63, 3.8) is 0 Å². The minimum atomic E-state index is -0.960. The number of hydrogen-bond acceptors (Lipinski definition) is 8. The molecule has 8 aromatic rings. The molecule has 0 unspecified atom stereocenters. The Bertz CT molecular complexity index is 3000. The lowest BCUT2D eigenvalue weighted by Gasteiger charge is -2.33. The van der Waals surface area contributed by atoms with E-state index in [2.05, 4.69) is 57.0 Å². The van der Waals surface area contributed by atoms with Gasteiger partial charge in [-0.2, -0.15) is 0 Å². The minimum Gasteiger partial charge on any atom is -0.453 e. The smallest absolute Gasteiger partial charge is 0.407 e. The molecule has 4 heterocycles. The zero-order valence-corrected chi connectivity index (χ0v) is 40.1. The normalized spacial score (nSPS) is 18.6. The molecule has 6 aromatic carbocycles. The minimum absolute atomic E-state index is 0.225. The maximum Gasteiger partial charge on any atom is 0.407 e. The summed E-state index contributed by atoms with van der Waals surface area (Å²) in [5, 5.41) is 5.59. The average Bonchev–Trinajstić information content (AvgIpc) is 4.26. The van der Waals surface area contributed by atoms with Gasteiger partial charge in [-0.25, -0.2) is 19.6 Å². The standard InChI is InChI=1S/C58H56N8O6/c1-71-57(69)63-51(41-23-11-5-12-24-41)55(67)65-47(39-19-7-3-8-20-39)31-33-49(65)53-59-43-29-27-37(35-45(43)61-53)17-15-16-18-38-28-30-44-46(36-38)62-54(60-44)50-34-32-48(40-21-9-4-10-22-40)66(50)56(68)52(64-58(70)72-2)42-25-13-6-14-26-42/h3-16,19-30,35-36,47-52H,17-18,31-34H2,1-2H3,(H,59,61)(H,60,62)(H,63,69)(H,64,70)/b16-15+/t47-,48-,49-,50-,51-,52-/m1/s1. The highest BCUT2D eigenvalue weighted by Gasteiger charge is 2.45. The maximum absolute atomic E-state index is 14.8. The Kier molecular flexibility index (Phi) is 13.9. The van der Waals surface area contributed by atoms with E-state index in [0.717, 1.165) is 57.2 Å². The Hall–Kier alpha value is -8.52. The summed E-state index contributed by atoms with van der Waals surface area (Å²) in [6, 6.07) is 47.8. The molecule has 0 aliphatic carbocycles. The predicted octanol–water partition coefficient (Wildman–Crippen LogP) is 10.8. The molecular formula is C58H56N8O6. The number of hydrogen-bond donors (Lipinski definition) is 4. The molecule has 14 heteroatoms. The molecule has 14 nitrogen and oxygen atoms in total. The molecule has 6 atom stereocenters. The Morgan fingerprint density at radius 2 is 0.889 bits per heavy atom. The number of nitrogens with zero attached hydrogens (tertiary/aromatic N) is 4. The first kappa shape index (κ1) is 47.2. The van der Waals surface area contributed by atoms with Crippen LogP contribution in [-0.4, -0.2) is 68.0 Å². The number of ether oxygens (including phenoxy) is 2. The zero-order valence-electron chi connectivity index (χ0n) is 40.1. The second kappa shape index (κ2) is 21.2. The van der Waals surface area contributed by atoms with Crippen LogP contribution < -0.4 is 10.6 Å². The molecule has 0 bridgehead atoms. The third-order valence-corrected chi connectivity index (χ3v) is 13.9. The summed E-state index contributed by atoms with van der Waals surface area (Å²) in [7, 11) is 2.58. The number of allylic oxidation sites excluding steroid dienone is 2. The number of aromatic nitrogens is 4. The number of H-pyrrole nitrogens is 2. The van der Waals surface area contributed by atoms with Crippen LogP contribution in [0, 0.1) is 0 Å². The van der Waals surface area contributed by atoms with Crippen molar-refractivity contribution < 1.29 is 28.7 Å². The van der Waals surface area contributed by atoms with Crippen LogP contribution in [-0.2, 0) is 31.9 Å². The van der Waals surface area contributed by atoms with E-state index in [1.165, 1.54) is 14.2 Å². The summed E-state index contributed by atoms with van der Waals surface area (Å²) in [4.78, 5) is 75.7. The van der Waals surface area contributed by atoms with Crippen molar-refractivity contribution in [3.05, 3.63) is 215 Å². The number of carbonyl (C=O) groups excluding carboxylic acids is 4. The van der Waals surface area contributed by atoms with E-state index in [0.29, 0.717) is 48.5 Å². The topological polar surface area (TPSA) is 175 Å². The van der Waals surface area contributed by atoms with Gasteiger partial charge < -0.3 is 39.9 Å². The highest BCUT2D eigenvalue weighted by Crippen LogP contribution is 2.47. The first-order chi connectivity index (χ1) is 35.3. The number of amides is 4. The second-order valence-electron chi connectivity index (χ2n) is 18.3. The SMILES string of the molecule is COC(=O)N[C@@H](C(=O)N1[C@@H](c2ccccc2)CC[C@@H]1c1nc2ccc(C/C=C/Cc3ccc4nc([C@H]5CC[C@H](c6ccccc6)N5C(=O)[C@H](NC(=O)OC)c5ccccc5)[nH]c4c3)cc2[nH]1)c1ccccc1. The fourth-order valence-corrected chi connectivity index (χ4v) is 10.5. The van der Waals surface area contributed by atoms with Crippen molar-refractivity contribution in [2.75, 3.05) is 14.2 Å². The monoisotopic (exact) mass is 960 g/mol. The number of rotatable bonds is 14. The van der Waals surface area contributed by atoms with E-state index in [-0.39, 0.29) is 36.0 Å². The van der Waals surface area contributed by atoms with Gasteiger partial charge in [0.1, 0.15) is 23.7 Å². The van der Waals surface area contributed by atoms with Gasteiger partial charge in [-0.15, -0.1) is 0 Å². The van der Waals surface area contributed by atoms with Crippen LogP contribution in [0.4, 0.5) is 9.59 Å². The van der Waals surface area contributed by atoms with E-state index in [4.69, 9.17) is 19.4 Å². The van der Waals surface area contributed by atoms with Crippen LogP contribution in [0.1, 0.15) is 107 Å². The van der Waals surface area contributed by atoms with Crippen LogP contribution in [0.25, 0.3) is 22.1 Å². The largest absolute Gasteiger partial charge is 0.453 e. The Labute approximate surface area is 417 Å². The lowest BCUT2D eigenvalue weighted by molar-refractivity contribution is -0.137. The number of fused-ring (bicyclic) bond motifs is 2. The second-order valence-corrected chi connectivity index (χ2v) is 18.3. The van der Waals surface area contributed by atoms with Gasteiger partial charge in [-0.3, -0.25) is 9.59 Å². The fraction of sp³-hybridized carbons (Fsp3) is 0.241. The number of likely N-dealkylation sites (tertiary alicyclic amines) is 2. The molecule has 0 saturated carbocycles. The highest BCUT2D eigenvalue weighted by molar-refractivity contribution is 5.89. The molecule has 364 valence electrons. The number of methoxy groups -OCH3 is 2. The van der Waals surface area contributed by atoms with Crippen molar-refractivity contribution in [2.24, 2.45) is 0 Å². The van der Waals surface area contributed by atoms with Gasteiger partial charge in [0, 0.05) is 0 Å². The van der Waals surface area contributed by atoms with E-state index in [1.807, 2.05) is 143 Å².